The van der Waals surface area contributed by atoms with E-state index >= 15 is 0 Å². The molecule has 11 heteroatoms. The summed E-state index contributed by atoms with van der Waals surface area (Å²) in [6.45, 7) is 2.12. The number of halogens is 1. The molecule has 188 valence electrons. The van der Waals surface area contributed by atoms with Crippen LogP contribution in [0, 0.1) is 0 Å². The average molecular weight is 528 g/mol. The quantitative estimate of drug-likeness (QED) is 0.314. The van der Waals surface area contributed by atoms with Gasteiger partial charge in [0.15, 0.2) is 34.1 Å². The molecule has 0 saturated heterocycles. The average Bonchev–Trinajstić information content (AvgIpc) is 2.89. The zero-order valence-corrected chi connectivity index (χ0v) is 21.4. The molecule has 0 amide bonds. The Morgan fingerprint density at radius 1 is 0.889 bits per heavy atom. The number of ether oxygens (including phenoxy) is 2. The van der Waals surface area contributed by atoms with Gasteiger partial charge < -0.3 is 9.47 Å². The second kappa shape index (κ2) is 12.9. The molecule has 0 radical (unpaired) electrons. The molecule has 2 aromatic carbocycles. The van der Waals surface area contributed by atoms with E-state index < -0.39 is 10.0 Å². The second-order valence-electron chi connectivity index (χ2n) is 7.47. The Bertz CT molecular complexity index is 1370. The Morgan fingerprint density at radius 3 is 2.14 bits per heavy atom. The van der Waals surface area contributed by atoms with Crippen LogP contribution in [0.5, 0.6) is 17.2 Å². The molecule has 0 aliphatic carbocycles. The van der Waals surface area contributed by atoms with Crippen molar-refractivity contribution < 1.29 is 17.9 Å². The predicted molar refractivity (Wildman–Crippen MR) is 138 cm³/mol. The van der Waals surface area contributed by atoms with Gasteiger partial charge in [-0.3, -0.25) is 0 Å². The molecule has 0 aliphatic rings. The SMILES string of the molecule is CCCCc1ccc(S(N)(=O)=O)cc1.COc1ccccc1Oc1cnc(-c2ncccn2)nc1Cl. The largest absolute Gasteiger partial charge is 0.493 e. The Morgan fingerprint density at radius 2 is 1.56 bits per heavy atom. The molecule has 0 aliphatic heterocycles. The molecule has 0 bridgehead atoms. The maximum Gasteiger partial charge on any atom is 0.238 e. The summed E-state index contributed by atoms with van der Waals surface area (Å²) in [4.78, 5) is 16.7. The number of rotatable bonds is 8. The summed E-state index contributed by atoms with van der Waals surface area (Å²) in [5.41, 5.74) is 1.15. The fraction of sp³-hybridized carbons (Fsp3) is 0.200. The molecule has 0 saturated carbocycles. The van der Waals surface area contributed by atoms with Crippen LogP contribution in [-0.2, 0) is 16.4 Å². The minimum atomic E-state index is -3.54. The maximum absolute atomic E-state index is 10.9. The molecule has 0 fully saturated rings. The van der Waals surface area contributed by atoms with Gasteiger partial charge in [0, 0.05) is 12.4 Å². The van der Waals surface area contributed by atoms with Crippen molar-refractivity contribution in [1.29, 1.82) is 0 Å². The monoisotopic (exact) mass is 527 g/mol. The van der Waals surface area contributed by atoms with Crippen molar-refractivity contribution in [3.8, 4) is 28.9 Å². The van der Waals surface area contributed by atoms with E-state index in [4.69, 9.17) is 26.2 Å². The van der Waals surface area contributed by atoms with Crippen molar-refractivity contribution in [1.82, 2.24) is 19.9 Å². The first-order valence-electron chi connectivity index (χ1n) is 11.0. The number of primary sulfonamides is 1. The molecule has 2 N–H and O–H groups in total. The number of aryl methyl sites for hydroxylation is 1. The van der Waals surface area contributed by atoms with Gasteiger partial charge in [-0.05, 0) is 48.7 Å². The number of hydrogen-bond donors (Lipinski definition) is 1. The summed E-state index contributed by atoms with van der Waals surface area (Å²) in [5.74, 6) is 2.17. The molecular weight excluding hydrogens is 502 g/mol. The number of para-hydroxylation sites is 2. The van der Waals surface area contributed by atoms with Crippen molar-refractivity contribution in [3.63, 3.8) is 0 Å². The van der Waals surface area contributed by atoms with Crippen molar-refractivity contribution in [2.24, 2.45) is 5.14 Å². The smallest absolute Gasteiger partial charge is 0.238 e. The van der Waals surface area contributed by atoms with Crippen LogP contribution < -0.4 is 14.6 Å². The lowest BCUT2D eigenvalue weighted by Crippen LogP contribution is -2.11. The second-order valence-corrected chi connectivity index (χ2v) is 9.39. The lowest BCUT2D eigenvalue weighted by molar-refractivity contribution is 0.378. The summed E-state index contributed by atoms with van der Waals surface area (Å²) in [5, 5.41) is 5.15. The highest BCUT2D eigenvalue weighted by Gasteiger charge is 2.12. The zero-order valence-electron chi connectivity index (χ0n) is 19.8. The third kappa shape index (κ3) is 7.70. The van der Waals surface area contributed by atoms with E-state index in [1.54, 1.807) is 49.8 Å². The van der Waals surface area contributed by atoms with Gasteiger partial charge in [0.05, 0.1) is 18.2 Å². The van der Waals surface area contributed by atoms with Crippen LogP contribution in [-0.4, -0.2) is 35.5 Å². The molecule has 2 aromatic heterocycles. The Labute approximate surface area is 215 Å². The first-order valence-corrected chi connectivity index (χ1v) is 13.0. The summed E-state index contributed by atoms with van der Waals surface area (Å²) >= 11 is 6.15. The third-order valence-corrected chi connectivity index (χ3v) is 6.04. The number of unbranched alkanes of at least 4 members (excludes halogenated alkanes) is 1. The van der Waals surface area contributed by atoms with Crippen molar-refractivity contribution in [3.05, 3.63) is 83.9 Å². The summed E-state index contributed by atoms with van der Waals surface area (Å²) in [7, 11) is -1.97. The van der Waals surface area contributed by atoms with E-state index in [-0.39, 0.29) is 10.0 Å². The minimum Gasteiger partial charge on any atom is -0.493 e. The van der Waals surface area contributed by atoms with Gasteiger partial charge >= 0.3 is 0 Å². The van der Waals surface area contributed by atoms with Gasteiger partial charge in [0.2, 0.25) is 10.0 Å². The van der Waals surface area contributed by atoms with Crippen LogP contribution in [0.1, 0.15) is 25.3 Å². The van der Waals surface area contributed by atoms with E-state index in [0.29, 0.717) is 28.9 Å². The van der Waals surface area contributed by atoms with Gasteiger partial charge in [-0.25, -0.2) is 33.5 Å². The third-order valence-electron chi connectivity index (χ3n) is 4.84. The molecule has 0 atom stereocenters. The van der Waals surface area contributed by atoms with Crippen LogP contribution in [0.4, 0.5) is 0 Å². The maximum atomic E-state index is 10.9. The van der Waals surface area contributed by atoms with E-state index in [1.165, 1.54) is 6.20 Å². The summed E-state index contributed by atoms with van der Waals surface area (Å²) < 4.78 is 32.8. The Balaban J connectivity index is 0.000000223. The molecule has 0 unspecified atom stereocenters. The Kier molecular flexibility index (Phi) is 9.69. The molecule has 9 nitrogen and oxygen atoms in total. The van der Waals surface area contributed by atoms with Crippen LogP contribution in [0.2, 0.25) is 5.15 Å². The lowest BCUT2D eigenvalue weighted by atomic mass is 10.1. The van der Waals surface area contributed by atoms with Crippen LogP contribution in [0.3, 0.4) is 0 Å². The molecule has 2 heterocycles. The van der Waals surface area contributed by atoms with E-state index in [2.05, 4.69) is 26.9 Å². The van der Waals surface area contributed by atoms with E-state index in [1.807, 2.05) is 24.3 Å². The van der Waals surface area contributed by atoms with Gasteiger partial charge in [-0.2, -0.15) is 0 Å². The standard InChI is InChI=1S/C15H11ClN4O2.C10H15NO2S/c1-21-10-5-2-3-6-11(10)22-12-9-19-15(20-13(12)16)14-17-7-4-8-18-14;1-2-3-4-9-5-7-10(8-6-9)14(11,12)13/h2-9H,1H3;5-8H,2-4H2,1H3,(H2,11,12,13). The van der Waals surface area contributed by atoms with Gasteiger partial charge in [-0.15, -0.1) is 0 Å². The number of nitrogens with zero attached hydrogens (tertiary/aromatic N) is 4. The van der Waals surface area contributed by atoms with E-state index in [9.17, 15) is 8.42 Å². The molecular formula is C25H26ClN5O4S. The fourth-order valence-corrected chi connectivity index (χ4v) is 3.67. The topological polar surface area (TPSA) is 130 Å². The highest BCUT2D eigenvalue weighted by atomic mass is 35.5. The van der Waals surface area contributed by atoms with Gasteiger partial charge in [-0.1, -0.05) is 49.2 Å². The fourth-order valence-electron chi connectivity index (χ4n) is 2.99. The first-order chi connectivity index (χ1) is 17.3. The lowest BCUT2D eigenvalue weighted by Gasteiger charge is -2.10. The number of hydrogen-bond acceptors (Lipinski definition) is 8. The van der Waals surface area contributed by atoms with E-state index in [0.717, 1.165) is 24.8 Å². The predicted octanol–water partition coefficient (Wildman–Crippen LogP) is 5.06. The van der Waals surface area contributed by atoms with Gasteiger partial charge in [0.1, 0.15) is 0 Å². The number of benzene rings is 2. The molecule has 0 spiro atoms. The zero-order chi connectivity index (χ0) is 26.0. The number of methoxy groups -OCH3 is 1. The molecule has 36 heavy (non-hydrogen) atoms. The highest BCUT2D eigenvalue weighted by molar-refractivity contribution is 7.89. The van der Waals surface area contributed by atoms with Crippen LogP contribution >= 0.6 is 11.6 Å². The minimum absolute atomic E-state index is 0.170. The number of sulfonamides is 1. The highest BCUT2D eigenvalue weighted by Crippen LogP contribution is 2.33. The molecule has 4 rings (SSSR count). The molecule has 4 aromatic rings. The Hall–Kier alpha value is -3.60. The number of nitrogens with two attached hydrogens (primary N) is 1. The van der Waals surface area contributed by atoms with Crippen molar-refractivity contribution in [2.75, 3.05) is 7.11 Å². The van der Waals surface area contributed by atoms with Crippen LogP contribution in [0.15, 0.2) is 78.1 Å². The number of aromatic nitrogens is 4. The van der Waals surface area contributed by atoms with Crippen molar-refractivity contribution in [2.45, 2.75) is 31.1 Å². The van der Waals surface area contributed by atoms with Crippen LogP contribution in [0.25, 0.3) is 11.6 Å². The summed E-state index contributed by atoms with van der Waals surface area (Å²) in [6, 6.07) is 15.7. The first kappa shape index (κ1) is 27.0. The van der Waals surface area contributed by atoms with Gasteiger partial charge in [0.25, 0.3) is 0 Å². The normalized spacial score (nSPS) is 10.8. The summed E-state index contributed by atoms with van der Waals surface area (Å²) in [6.07, 6.45) is 7.94. The van der Waals surface area contributed by atoms with Crippen molar-refractivity contribution >= 4 is 21.6 Å².